The zero-order chi connectivity index (χ0) is 17.5. The maximum absolute atomic E-state index is 12.3. The van der Waals surface area contributed by atoms with Crippen molar-refractivity contribution in [3.05, 3.63) is 21.9 Å². The molecular formula is C12H16ClN8O2P. The SMILES string of the molecule is CP(C)(=O)[C@H]1C[C@@H](N=[N+]=[N-])[C@@H](Cn2cnc3c(Cl)nc(N)nc32)O1. The Labute approximate surface area is 142 Å². The molecule has 1 saturated heterocycles. The first-order valence-corrected chi connectivity index (χ1v) is 10.2. The highest BCUT2D eigenvalue weighted by Crippen LogP contribution is 2.49. The Hall–Kier alpha value is -1.86. The van der Waals surface area contributed by atoms with Crippen molar-refractivity contribution >= 4 is 35.9 Å². The van der Waals surface area contributed by atoms with Crippen LogP contribution >= 0.6 is 18.7 Å². The number of imidazole rings is 1. The second kappa shape index (κ2) is 6.22. The van der Waals surface area contributed by atoms with Gasteiger partial charge in [-0.2, -0.15) is 9.97 Å². The van der Waals surface area contributed by atoms with Crippen LogP contribution in [0.25, 0.3) is 21.6 Å². The van der Waals surface area contributed by atoms with Gasteiger partial charge in [-0.05, 0) is 25.3 Å². The minimum absolute atomic E-state index is 0.0395. The van der Waals surface area contributed by atoms with E-state index in [0.717, 1.165) is 0 Å². The van der Waals surface area contributed by atoms with Crippen LogP contribution in [0.1, 0.15) is 6.42 Å². The first kappa shape index (κ1) is 17.0. The molecule has 1 aliphatic heterocycles. The highest BCUT2D eigenvalue weighted by atomic mass is 35.5. The molecular weight excluding hydrogens is 355 g/mol. The van der Waals surface area contributed by atoms with Crippen LogP contribution in [0.5, 0.6) is 0 Å². The summed E-state index contributed by atoms with van der Waals surface area (Å²) in [5, 5.41) is 3.95. The largest absolute Gasteiger partial charge is 0.368 e. The van der Waals surface area contributed by atoms with Crippen LogP contribution in [0.2, 0.25) is 5.15 Å². The number of nitrogen functional groups attached to an aromatic ring is 1. The summed E-state index contributed by atoms with van der Waals surface area (Å²) in [6.45, 7) is 3.64. The summed E-state index contributed by atoms with van der Waals surface area (Å²) < 4.78 is 19.9. The molecule has 3 rings (SSSR count). The number of nitrogens with two attached hydrogens (primary N) is 1. The van der Waals surface area contributed by atoms with Gasteiger partial charge in [0.2, 0.25) is 5.95 Å². The Balaban J connectivity index is 1.92. The van der Waals surface area contributed by atoms with E-state index in [2.05, 4.69) is 25.0 Å². The van der Waals surface area contributed by atoms with Crippen molar-refractivity contribution in [1.82, 2.24) is 19.5 Å². The standard InChI is InChI=1S/C12H16ClN8O2P/c1-24(2,22)8-3-6(19-20-15)7(23-8)4-21-5-16-9-10(13)17-12(14)18-11(9)21/h5-8H,3-4H2,1-2H3,(H2,14,17,18)/t6-,7-,8+/m1/s1. The summed E-state index contributed by atoms with van der Waals surface area (Å²) in [6, 6.07) is -0.416. The molecule has 0 aliphatic carbocycles. The Kier molecular flexibility index (Phi) is 4.40. The Morgan fingerprint density at radius 2 is 2.33 bits per heavy atom. The Bertz CT molecular complexity index is 873. The lowest BCUT2D eigenvalue weighted by molar-refractivity contribution is 0.0695. The summed E-state index contributed by atoms with van der Waals surface area (Å²) in [6.07, 6.45) is 1.53. The molecule has 1 aliphatic rings. The quantitative estimate of drug-likeness (QED) is 0.287. The number of ether oxygens (including phenoxy) is 1. The highest BCUT2D eigenvalue weighted by molar-refractivity contribution is 7.62. The lowest BCUT2D eigenvalue weighted by Gasteiger charge is -2.18. The van der Waals surface area contributed by atoms with Crippen LogP contribution in [0.4, 0.5) is 5.95 Å². The number of nitrogens with zero attached hydrogens (tertiary/aromatic N) is 7. The van der Waals surface area contributed by atoms with Gasteiger partial charge in [-0.1, -0.05) is 16.7 Å². The molecule has 24 heavy (non-hydrogen) atoms. The van der Waals surface area contributed by atoms with Gasteiger partial charge in [-0.25, -0.2) is 4.98 Å². The maximum atomic E-state index is 12.3. The third kappa shape index (κ3) is 3.18. The molecule has 128 valence electrons. The van der Waals surface area contributed by atoms with Crippen molar-refractivity contribution in [2.75, 3.05) is 19.1 Å². The summed E-state index contributed by atoms with van der Waals surface area (Å²) in [7, 11) is -2.46. The van der Waals surface area contributed by atoms with Gasteiger partial charge in [0.15, 0.2) is 10.8 Å². The molecule has 3 atom stereocenters. The molecule has 2 aromatic heterocycles. The third-order valence-corrected chi connectivity index (χ3v) is 5.90. The number of hydrogen-bond donors (Lipinski definition) is 1. The molecule has 0 saturated carbocycles. The van der Waals surface area contributed by atoms with E-state index in [0.29, 0.717) is 24.1 Å². The number of fused-ring (bicyclic) bond motifs is 1. The van der Waals surface area contributed by atoms with Gasteiger partial charge in [-0.3, -0.25) is 0 Å². The van der Waals surface area contributed by atoms with Crippen LogP contribution in [-0.2, 0) is 15.8 Å². The van der Waals surface area contributed by atoms with E-state index in [4.69, 9.17) is 27.6 Å². The average Bonchev–Trinajstić information content (AvgIpc) is 3.05. The second-order valence-electron chi connectivity index (χ2n) is 6.01. The number of hydrogen-bond acceptors (Lipinski definition) is 7. The van der Waals surface area contributed by atoms with Gasteiger partial charge in [0.05, 0.1) is 25.0 Å². The van der Waals surface area contributed by atoms with Crippen molar-refractivity contribution in [3.8, 4) is 0 Å². The van der Waals surface area contributed by atoms with E-state index < -0.39 is 25.1 Å². The summed E-state index contributed by atoms with van der Waals surface area (Å²) in [5.41, 5.74) is 15.3. The molecule has 2 N–H and O–H groups in total. The second-order valence-corrected chi connectivity index (χ2v) is 9.82. The molecule has 0 spiro atoms. The average molecular weight is 371 g/mol. The minimum atomic E-state index is -2.46. The maximum Gasteiger partial charge on any atom is 0.223 e. The summed E-state index contributed by atoms with van der Waals surface area (Å²) >= 11 is 6.01. The molecule has 0 radical (unpaired) electrons. The fourth-order valence-electron chi connectivity index (χ4n) is 2.71. The Morgan fingerprint density at radius 3 is 3.00 bits per heavy atom. The van der Waals surface area contributed by atoms with Crippen molar-refractivity contribution in [1.29, 1.82) is 0 Å². The predicted octanol–water partition coefficient (Wildman–Crippen LogP) is 2.48. The zero-order valence-electron chi connectivity index (χ0n) is 13.1. The first-order chi connectivity index (χ1) is 11.3. The van der Waals surface area contributed by atoms with Crippen molar-refractivity contribution in [3.63, 3.8) is 0 Å². The van der Waals surface area contributed by atoms with Crippen molar-refractivity contribution in [2.45, 2.75) is 31.0 Å². The van der Waals surface area contributed by atoms with Gasteiger partial charge < -0.3 is 19.6 Å². The van der Waals surface area contributed by atoms with E-state index in [-0.39, 0.29) is 11.1 Å². The fourth-order valence-corrected chi connectivity index (χ4v) is 4.11. The number of aromatic nitrogens is 4. The van der Waals surface area contributed by atoms with Crippen molar-refractivity contribution < 1.29 is 9.30 Å². The monoisotopic (exact) mass is 370 g/mol. The molecule has 10 nitrogen and oxygen atoms in total. The topological polar surface area (TPSA) is 145 Å². The van der Waals surface area contributed by atoms with Crippen LogP contribution in [0.3, 0.4) is 0 Å². The lowest BCUT2D eigenvalue weighted by Crippen LogP contribution is -2.25. The first-order valence-electron chi connectivity index (χ1n) is 7.17. The third-order valence-electron chi connectivity index (χ3n) is 3.91. The minimum Gasteiger partial charge on any atom is -0.368 e. The predicted molar refractivity (Wildman–Crippen MR) is 90.4 cm³/mol. The van der Waals surface area contributed by atoms with Crippen LogP contribution in [-0.4, -0.2) is 50.8 Å². The van der Waals surface area contributed by atoms with E-state index >= 15 is 0 Å². The smallest absolute Gasteiger partial charge is 0.223 e. The van der Waals surface area contributed by atoms with Gasteiger partial charge in [0, 0.05) is 4.91 Å². The van der Waals surface area contributed by atoms with E-state index in [1.807, 2.05) is 0 Å². The zero-order valence-corrected chi connectivity index (χ0v) is 14.7. The number of anilines is 1. The van der Waals surface area contributed by atoms with E-state index in [9.17, 15) is 4.57 Å². The molecule has 0 amide bonds. The van der Waals surface area contributed by atoms with Gasteiger partial charge in [0.25, 0.3) is 0 Å². The van der Waals surface area contributed by atoms with Crippen molar-refractivity contribution in [2.24, 2.45) is 5.11 Å². The summed E-state index contributed by atoms with van der Waals surface area (Å²) in [4.78, 5) is 15.0. The van der Waals surface area contributed by atoms with E-state index in [1.165, 1.54) is 0 Å². The normalized spacial score (nSPS) is 24.2. The van der Waals surface area contributed by atoms with Crippen LogP contribution < -0.4 is 5.73 Å². The number of rotatable bonds is 4. The molecule has 3 heterocycles. The van der Waals surface area contributed by atoms with E-state index in [1.54, 1.807) is 24.2 Å². The Morgan fingerprint density at radius 1 is 1.58 bits per heavy atom. The van der Waals surface area contributed by atoms with Crippen LogP contribution in [0, 0.1) is 0 Å². The van der Waals surface area contributed by atoms with Crippen LogP contribution in [0.15, 0.2) is 11.4 Å². The van der Waals surface area contributed by atoms with Gasteiger partial charge in [0.1, 0.15) is 18.5 Å². The molecule has 1 fully saturated rings. The van der Waals surface area contributed by atoms with Gasteiger partial charge >= 0.3 is 0 Å². The molecule has 2 aromatic rings. The molecule has 0 aromatic carbocycles. The highest BCUT2D eigenvalue weighted by Gasteiger charge is 2.40. The molecule has 12 heteroatoms. The van der Waals surface area contributed by atoms with Gasteiger partial charge in [-0.15, -0.1) is 0 Å². The fraction of sp³-hybridized carbons (Fsp3) is 0.583. The number of halogens is 1. The molecule has 0 bridgehead atoms. The molecule has 0 unspecified atom stereocenters. The number of azide groups is 1. The lowest BCUT2D eigenvalue weighted by atomic mass is 10.1. The summed E-state index contributed by atoms with van der Waals surface area (Å²) in [5.74, 6) is -0.395.